The van der Waals surface area contributed by atoms with E-state index in [2.05, 4.69) is 0 Å². The van der Waals surface area contributed by atoms with Gasteiger partial charge in [0.05, 0.1) is 20.3 Å². The van der Waals surface area contributed by atoms with Gasteiger partial charge >= 0.3 is 0 Å². The maximum absolute atomic E-state index is 9.52. The Bertz CT molecular complexity index is 326. The molecule has 1 aromatic carbocycles. The van der Waals surface area contributed by atoms with E-state index in [4.69, 9.17) is 14.2 Å². The minimum absolute atomic E-state index is 0.304. The molecule has 0 bridgehead atoms. The molecule has 0 radical (unpaired) electrons. The van der Waals surface area contributed by atoms with Crippen LogP contribution in [0.2, 0.25) is 0 Å². The summed E-state index contributed by atoms with van der Waals surface area (Å²) in [6.45, 7) is 0.749. The number of hydrogen-bond acceptors (Lipinski definition) is 4. The van der Waals surface area contributed by atoms with E-state index in [9.17, 15) is 5.11 Å². The van der Waals surface area contributed by atoms with E-state index in [-0.39, 0.29) is 6.10 Å². The molecule has 0 saturated carbocycles. The van der Waals surface area contributed by atoms with Crippen molar-refractivity contribution in [3.8, 4) is 11.5 Å². The van der Waals surface area contributed by atoms with Crippen LogP contribution in [0.4, 0.5) is 0 Å². The summed E-state index contributed by atoms with van der Waals surface area (Å²) < 4.78 is 15.9. The van der Waals surface area contributed by atoms with Gasteiger partial charge in [-0.3, -0.25) is 0 Å². The van der Waals surface area contributed by atoms with Crippen LogP contribution in [0.5, 0.6) is 11.5 Å². The number of aliphatic hydroxyl groups is 1. The van der Waals surface area contributed by atoms with Crippen molar-refractivity contribution in [2.75, 3.05) is 20.3 Å². The van der Waals surface area contributed by atoms with Crippen molar-refractivity contribution >= 4 is 0 Å². The molecule has 1 N–H and O–H groups in total. The van der Waals surface area contributed by atoms with Crippen LogP contribution in [-0.2, 0) is 4.74 Å². The van der Waals surface area contributed by atoms with Gasteiger partial charge < -0.3 is 19.3 Å². The normalized spacial score (nSPS) is 25.2. The summed E-state index contributed by atoms with van der Waals surface area (Å²) in [7, 11) is 1.59. The molecule has 0 aliphatic carbocycles. The highest BCUT2D eigenvalue weighted by Gasteiger charge is 2.28. The molecular formula is C11H14O4. The highest BCUT2D eigenvalue weighted by atomic mass is 16.6. The van der Waals surface area contributed by atoms with Gasteiger partial charge in [0.15, 0.2) is 17.6 Å². The van der Waals surface area contributed by atoms with E-state index in [0.29, 0.717) is 24.7 Å². The Labute approximate surface area is 88.4 Å². The zero-order valence-corrected chi connectivity index (χ0v) is 8.55. The molecule has 1 saturated heterocycles. The minimum Gasteiger partial charge on any atom is -0.493 e. The third kappa shape index (κ3) is 2.22. The Morgan fingerprint density at radius 3 is 2.60 bits per heavy atom. The quantitative estimate of drug-likeness (QED) is 0.803. The average molecular weight is 210 g/mol. The molecule has 0 amide bonds. The molecule has 2 atom stereocenters. The fourth-order valence-corrected chi connectivity index (χ4v) is 1.52. The number of para-hydroxylation sites is 2. The summed E-state index contributed by atoms with van der Waals surface area (Å²) >= 11 is 0. The first kappa shape index (κ1) is 10.3. The van der Waals surface area contributed by atoms with Crippen molar-refractivity contribution in [3.63, 3.8) is 0 Å². The number of aliphatic hydroxyl groups excluding tert-OH is 1. The minimum atomic E-state index is -0.560. The molecule has 1 aliphatic rings. The van der Waals surface area contributed by atoms with Crippen LogP contribution >= 0.6 is 0 Å². The monoisotopic (exact) mass is 210 g/mol. The van der Waals surface area contributed by atoms with E-state index >= 15 is 0 Å². The van der Waals surface area contributed by atoms with Crippen molar-refractivity contribution in [2.45, 2.75) is 12.2 Å². The highest BCUT2D eigenvalue weighted by molar-refractivity contribution is 5.39. The van der Waals surface area contributed by atoms with Gasteiger partial charge in [0.2, 0.25) is 0 Å². The van der Waals surface area contributed by atoms with Gasteiger partial charge in [-0.15, -0.1) is 0 Å². The number of rotatable bonds is 3. The Hall–Kier alpha value is -1.26. The van der Waals surface area contributed by atoms with Gasteiger partial charge in [-0.25, -0.2) is 0 Å². The smallest absolute Gasteiger partial charge is 0.161 e. The maximum Gasteiger partial charge on any atom is 0.161 e. The van der Waals surface area contributed by atoms with Crippen molar-refractivity contribution in [3.05, 3.63) is 24.3 Å². The SMILES string of the molecule is COc1ccccc1O[C@@H]1COC[C@H]1O. The predicted molar refractivity (Wildman–Crippen MR) is 54.2 cm³/mol. The van der Waals surface area contributed by atoms with Crippen molar-refractivity contribution in [1.82, 2.24) is 0 Å². The molecule has 1 heterocycles. The van der Waals surface area contributed by atoms with Gasteiger partial charge in [-0.2, -0.15) is 0 Å². The van der Waals surface area contributed by atoms with Crippen LogP contribution in [0.25, 0.3) is 0 Å². The molecule has 4 heteroatoms. The fourth-order valence-electron chi connectivity index (χ4n) is 1.52. The number of methoxy groups -OCH3 is 1. The van der Waals surface area contributed by atoms with Gasteiger partial charge in [0.1, 0.15) is 6.10 Å². The first-order valence-electron chi connectivity index (χ1n) is 4.86. The van der Waals surface area contributed by atoms with E-state index < -0.39 is 6.10 Å². The van der Waals surface area contributed by atoms with Crippen LogP contribution in [0, 0.1) is 0 Å². The lowest BCUT2D eigenvalue weighted by Gasteiger charge is -2.17. The van der Waals surface area contributed by atoms with E-state index in [1.54, 1.807) is 7.11 Å². The van der Waals surface area contributed by atoms with Crippen LogP contribution in [0.1, 0.15) is 0 Å². The summed E-state index contributed by atoms with van der Waals surface area (Å²) in [6.07, 6.45) is -0.865. The standard InChI is InChI=1S/C11H14O4/c1-13-9-4-2-3-5-10(9)15-11-7-14-6-8(11)12/h2-5,8,11-12H,6-7H2,1H3/t8-,11-/m1/s1. The van der Waals surface area contributed by atoms with Crippen LogP contribution in [0.15, 0.2) is 24.3 Å². The fraction of sp³-hybridized carbons (Fsp3) is 0.455. The third-order valence-corrected chi connectivity index (χ3v) is 2.35. The molecule has 0 spiro atoms. The van der Waals surface area contributed by atoms with Crippen molar-refractivity contribution in [1.29, 1.82) is 0 Å². The lowest BCUT2D eigenvalue weighted by atomic mass is 10.2. The molecule has 0 aromatic heterocycles. The van der Waals surface area contributed by atoms with E-state index in [1.165, 1.54) is 0 Å². The van der Waals surface area contributed by atoms with Gasteiger partial charge in [-0.1, -0.05) is 12.1 Å². The first-order chi connectivity index (χ1) is 7.31. The molecule has 0 unspecified atom stereocenters. The topological polar surface area (TPSA) is 47.9 Å². The summed E-state index contributed by atoms with van der Waals surface area (Å²) in [6, 6.07) is 7.36. The van der Waals surface area contributed by atoms with Crippen LogP contribution in [-0.4, -0.2) is 37.6 Å². The largest absolute Gasteiger partial charge is 0.493 e. The summed E-state index contributed by atoms with van der Waals surface area (Å²) in [5.41, 5.74) is 0. The number of benzene rings is 1. The molecule has 2 rings (SSSR count). The van der Waals surface area contributed by atoms with E-state index in [1.807, 2.05) is 24.3 Å². The second-order valence-electron chi connectivity index (χ2n) is 3.41. The second kappa shape index (κ2) is 4.51. The van der Waals surface area contributed by atoms with Gasteiger partial charge in [0, 0.05) is 0 Å². The second-order valence-corrected chi connectivity index (χ2v) is 3.41. The van der Waals surface area contributed by atoms with Crippen LogP contribution in [0.3, 0.4) is 0 Å². The molecule has 1 fully saturated rings. The Kier molecular flexibility index (Phi) is 3.08. The zero-order valence-electron chi connectivity index (χ0n) is 8.55. The van der Waals surface area contributed by atoms with Gasteiger partial charge in [-0.05, 0) is 12.1 Å². The predicted octanol–water partition coefficient (Wildman–Crippen LogP) is 0.834. The average Bonchev–Trinajstić information content (AvgIpc) is 2.65. The summed E-state index contributed by atoms with van der Waals surface area (Å²) in [5.74, 6) is 1.30. The molecule has 4 nitrogen and oxygen atoms in total. The number of ether oxygens (including phenoxy) is 3. The zero-order chi connectivity index (χ0) is 10.7. The summed E-state index contributed by atoms with van der Waals surface area (Å²) in [4.78, 5) is 0. The lowest BCUT2D eigenvalue weighted by Crippen LogP contribution is -2.29. The van der Waals surface area contributed by atoms with Crippen molar-refractivity contribution in [2.24, 2.45) is 0 Å². The lowest BCUT2D eigenvalue weighted by molar-refractivity contribution is 0.0715. The Morgan fingerprint density at radius 2 is 2.00 bits per heavy atom. The van der Waals surface area contributed by atoms with Gasteiger partial charge in [0.25, 0.3) is 0 Å². The Morgan fingerprint density at radius 1 is 1.27 bits per heavy atom. The highest BCUT2D eigenvalue weighted by Crippen LogP contribution is 2.28. The maximum atomic E-state index is 9.52. The third-order valence-electron chi connectivity index (χ3n) is 2.35. The van der Waals surface area contributed by atoms with Crippen LogP contribution < -0.4 is 9.47 Å². The Balaban J connectivity index is 2.09. The molecule has 15 heavy (non-hydrogen) atoms. The molecule has 82 valence electrons. The summed E-state index contributed by atoms with van der Waals surface area (Å²) in [5, 5.41) is 9.52. The van der Waals surface area contributed by atoms with Crippen molar-refractivity contribution < 1.29 is 19.3 Å². The van der Waals surface area contributed by atoms with E-state index in [0.717, 1.165) is 0 Å². The molecule has 1 aromatic rings. The molecular weight excluding hydrogens is 196 g/mol. The first-order valence-corrected chi connectivity index (χ1v) is 4.86. The molecule has 1 aliphatic heterocycles. The number of hydrogen-bond donors (Lipinski definition) is 1.